The quantitative estimate of drug-likeness (QED) is 0.374. The summed E-state index contributed by atoms with van der Waals surface area (Å²) in [6, 6.07) is 22.2. The van der Waals surface area contributed by atoms with E-state index in [0.29, 0.717) is 5.02 Å². The number of hydrogen-bond donors (Lipinski definition) is 0. The molecule has 0 N–H and O–H groups in total. The lowest BCUT2D eigenvalue weighted by atomic mass is 10.0. The molecular weight excluding hydrogens is 491 g/mol. The van der Waals surface area contributed by atoms with Gasteiger partial charge >= 0.3 is 0 Å². The highest BCUT2D eigenvalue weighted by molar-refractivity contribution is 7.89. The van der Waals surface area contributed by atoms with E-state index in [4.69, 9.17) is 27.9 Å². The molecule has 0 aromatic heterocycles. The van der Waals surface area contributed by atoms with E-state index in [-0.39, 0.29) is 22.5 Å². The van der Waals surface area contributed by atoms with Crippen molar-refractivity contribution in [1.82, 2.24) is 9.21 Å². The number of hydrogen-bond acceptors (Lipinski definition) is 4. The van der Waals surface area contributed by atoms with Gasteiger partial charge in [0.05, 0.1) is 12.1 Å². The Labute approximate surface area is 211 Å². The van der Waals surface area contributed by atoms with Gasteiger partial charge in [-0.05, 0) is 54.3 Å². The number of sulfonamides is 1. The average molecular weight is 519 g/mol. The lowest BCUT2D eigenvalue weighted by Gasteiger charge is -2.38. The third-order valence-corrected chi connectivity index (χ3v) is 8.81. The minimum atomic E-state index is -3.88. The van der Waals surface area contributed by atoms with E-state index in [1.54, 1.807) is 17.5 Å². The predicted octanol–water partition coefficient (Wildman–Crippen LogP) is 5.86. The Morgan fingerprint density at radius 3 is 2.26 bits per heavy atom. The van der Waals surface area contributed by atoms with E-state index in [2.05, 4.69) is 17.0 Å². The molecule has 0 bridgehead atoms. The van der Waals surface area contributed by atoms with Gasteiger partial charge in [-0.25, -0.2) is 8.42 Å². The van der Waals surface area contributed by atoms with Crippen LogP contribution in [0.4, 0.5) is 0 Å². The third kappa shape index (κ3) is 5.93. The van der Waals surface area contributed by atoms with Crippen molar-refractivity contribution in [2.75, 3.05) is 20.2 Å². The van der Waals surface area contributed by atoms with Gasteiger partial charge in [0.1, 0.15) is 10.6 Å². The first kappa shape index (κ1) is 25.0. The van der Waals surface area contributed by atoms with E-state index in [1.807, 2.05) is 42.5 Å². The van der Waals surface area contributed by atoms with Crippen LogP contribution in [-0.2, 0) is 23.1 Å². The van der Waals surface area contributed by atoms with Crippen molar-refractivity contribution in [3.63, 3.8) is 0 Å². The van der Waals surface area contributed by atoms with Gasteiger partial charge in [0, 0.05) is 37.2 Å². The first-order valence-electron chi connectivity index (χ1n) is 11.2. The van der Waals surface area contributed by atoms with Crippen molar-refractivity contribution in [3.05, 3.63) is 94.0 Å². The molecule has 0 atom stereocenters. The number of halogens is 2. The molecule has 1 heterocycles. The van der Waals surface area contributed by atoms with Crippen LogP contribution >= 0.6 is 23.2 Å². The molecule has 1 saturated heterocycles. The molecule has 0 aliphatic carbocycles. The molecule has 0 radical (unpaired) electrons. The van der Waals surface area contributed by atoms with Crippen LogP contribution < -0.4 is 4.74 Å². The van der Waals surface area contributed by atoms with Gasteiger partial charge in [-0.3, -0.25) is 4.90 Å². The molecule has 0 amide bonds. The predicted molar refractivity (Wildman–Crippen MR) is 137 cm³/mol. The molecule has 1 fully saturated rings. The highest BCUT2D eigenvalue weighted by Crippen LogP contribution is 2.32. The Bertz CT molecular complexity index is 1200. The van der Waals surface area contributed by atoms with E-state index in [1.165, 1.54) is 17.7 Å². The fourth-order valence-electron chi connectivity index (χ4n) is 4.33. The van der Waals surface area contributed by atoms with Crippen LogP contribution in [0, 0.1) is 0 Å². The monoisotopic (exact) mass is 518 g/mol. The van der Waals surface area contributed by atoms with Crippen molar-refractivity contribution >= 4 is 33.2 Å². The van der Waals surface area contributed by atoms with Crippen LogP contribution in [0.15, 0.2) is 77.7 Å². The van der Waals surface area contributed by atoms with Crippen LogP contribution in [0.1, 0.15) is 24.0 Å². The fraction of sp³-hybridized carbons (Fsp3) is 0.308. The van der Waals surface area contributed by atoms with Crippen molar-refractivity contribution in [3.8, 4) is 5.75 Å². The average Bonchev–Trinajstić information content (AvgIpc) is 2.85. The standard InChI is InChI=1S/C26H28Cl2N2O3S/c1-33-24-10-7-21(8-11-24)19-30(34(31,32)26-17-22(27)9-12-25(26)28)23-13-15-29(16-14-23)18-20-5-3-2-4-6-20/h2-12,17,23H,13-16,18-19H2,1H3. The van der Waals surface area contributed by atoms with Crippen LogP contribution in [0.25, 0.3) is 0 Å². The first-order valence-corrected chi connectivity index (χ1v) is 13.4. The summed E-state index contributed by atoms with van der Waals surface area (Å²) in [7, 11) is -2.27. The second kappa shape index (κ2) is 11.1. The molecule has 3 aromatic carbocycles. The van der Waals surface area contributed by atoms with Crippen molar-refractivity contribution < 1.29 is 13.2 Å². The van der Waals surface area contributed by atoms with Gasteiger partial charge in [0.2, 0.25) is 10.0 Å². The fourth-order valence-corrected chi connectivity index (χ4v) is 6.74. The molecule has 0 spiro atoms. The van der Waals surface area contributed by atoms with E-state index >= 15 is 0 Å². The summed E-state index contributed by atoms with van der Waals surface area (Å²) in [6.45, 7) is 2.74. The summed E-state index contributed by atoms with van der Waals surface area (Å²) in [6.07, 6.45) is 1.47. The minimum Gasteiger partial charge on any atom is -0.497 e. The number of nitrogens with zero attached hydrogens (tertiary/aromatic N) is 2. The summed E-state index contributed by atoms with van der Waals surface area (Å²) in [5, 5.41) is 0.510. The number of rotatable bonds is 8. The Hall–Kier alpha value is -2.09. The molecule has 8 heteroatoms. The molecular formula is C26H28Cl2N2O3S. The summed E-state index contributed by atoms with van der Waals surface area (Å²) in [4.78, 5) is 2.41. The molecule has 3 aromatic rings. The summed E-state index contributed by atoms with van der Waals surface area (Å²) in [5.74, 6) is 0.727. The Balaban J connectivity index is 1.58. The maximum Gasteiger partial charge on any atom is 0.245 e. The Morgan fingerprint density at radius 1 is 0.941 bits per heavy atom. The van der Waals surface area contributed by atoms with Gasteiger partial charge in [0.25, 0.3) is 0 Å². The highest BCUT2D eigenvalue weighted by Gasteiger charge is 2.35. The van der Waals surface area contributed by atoms with Gasteiger partial charge in [-0.15, -0.1) is 0 Å². The zero-order valence-electron chi connectivity index (χ0n) is 19.0. The molecule has 4 rings (SSSR count). The second-order valence-corrected chi connectivity index (χ2v) is 11.2. The van der Waals surface area contributed by atoms with E-state index < -0.39 is 10.0 Å². The Morgan fingerprint density at radius 2 is 1.62 bits per heavy atom. The third-order valence-electron chi connectivity index (χ3n) is 6.19. The molecule has 0 unspecified atom stereocenters. The van der Waals surface area contributed by atoms with Crippen molar-refractivity contribution in [2.45, 2.75) is 36.9 Å². The largest absolute Gasteiger partial charge is 0.497 e. The molecule has 0 saturated carbocycles. The lowest BCUT2D eigenvalue weighted by Crippen LogP contribution is -2.46. The van der Waals surface area contributed by atoms with Crippen molar-refractivity contribution in [1.29, 1.82) is 0 Å². The topological polar surface area (TPSA) is 49.9 Å². The summed E-state index contributed by atoms with van der Waals surface area (Å²) in [5.41, 5.74) is 2.14. The van der Waals surface area contributed by atoms with E-state index in [9.17, 15) is 8.42 Å². The SMILES string of the molecule is COc1ccc(CN(C2CCN(Cc3ccccc3)CC2)S(=O)(=O)c2cc(Cl)ccc2Cl)cc1. The van der Waals surface area contributed by atoms with Crippen LogP contribution in [0.2, 0.25) is 10.0 Å². The summed E-state index contributed by atoms with van der Waals surface area (Å²) >= 11 is 12.5. The van der Waals surface area contributed by atoms with Crippen LogP contribution in [0.5, 0.6) is 5.75 Å². The van der Waals surface area contributed by atoms with Crippen molar-refractivity contribution in [2.24, 2.45) is 0 Å². The zero-order valence-corrected chi connectivity index (χ0v) is 21.4. The minimum absolute atomic E-state index is 0.0434. The molecule has 34 heavy (non-hydrogen) atoms. The molecule has 1 aliphatic heterocycles. The van der Waals surface area contributed by atoms with Gasteiger partial charge < -0.3 is 4.74 Å². The number of benzene rings is 3. The zero-order chi connectivity index (χ0) is 24.1. The smallest absolute Gasteiger partial charge is 0.245 e. The maximum atomic E-state index is 13.8. The molecule has 180 valence electrons. The second-order valence-electron chi connectivity index (χ2n) is 8.47. The van der Waals surface area contributed by atoms with Gasteiger partial charge in [0.15, 0.2) is 0 Å². The maximum absolute atomic E-state index is 13.8. The molecule has 1 aliphatic rings. The summed E-state index contributed by atoms with van der Waals surface area (Å²) < 4.78 is 34.5. The Kier molecular flexibility index (Phi) is 8.17. The number of ether oxygens (including phenoxy) is 1. The normalized spacial score (nSPS) is 15.5. The number of likely N-dealkylation sites (tertiary alicyclic amines) is 1. The van der Waals surface area contributed by atoms with Gasteiger partial charge in [-0.2, -0.15) is 4.31 Å². The van der Waals surface area contributed by atoms with Gasteiger partial charge in [-0.1, -0.05) is 65.7 Å². The number of piperidine rings is 1. The lowest BCUT2D eigenvalue weighted by molar-refractivity contribution is 0.150. The first-order chi connectivity index (χ1) is 16.4. The number of methoxy groups -OCH3 is 1. The van der Waals surface area contributed by atoms with E-state index in [0.717, 1.165) is 43.8 Å². The molecule has 5 nitrogen and oxygen atoms in total. The highest BCUT2D eigenvalue weighted by atomic mass is 35.5. The van der Waals surface area contributed by atoms with Crippen LogP contribution in [-0.4, -0.2) is 43.9 Å². The van der Waals surface area contributed by atoms with Crippen LogP contribution in [0.3, 0.4) is 0 Å².